The third-order valence-corrected chi connectivity index (χ3v) is 5.38. The Hall–Kier alpha value is -3.08. The lowest BCUT2D eigenvalue weighted by Crippen LogP contribution is -2.26. The molecule has 3 rings (SSSR count). The van der Waals surface area contributed by atoms with Gasteiger partial charge in [-0.3, -0.25) is 9.48 Å². The van der Waals surface area contributed by atoms with Crippen molar-refractivity contribution in [3.05, 3.63) is 54.0 Å². The van der Waals surface area contributed by atoms with Crippen LogP contribution in [0.4, 0.5) is 13.2 Å². The number of benzene rings is 1. The average molecular weight is 466 g/mol. The summed E-state index contributed by atoms with van der Waals surface area (Å²) in [5.41, 5.74) is 0.521. The number of aromatic nitrogens is 4. The Morgan fingerprint density at radius 1 is 1.22 bits per heavy atom. The maximum absolute atomic E-state index is 13.4. The van der Waals surface area contributed by atoms with Crippen molar-refractivity contribution in [2.24, 2.45) is 7.05 Å². The number of thioether (sulfide) groups is 1. The van der Waals surface area contributed by atoms with Gasteiger partial charge < -0.3 is 9.64 Å². The van der Waals surface area contributed by atoms with E-state index in [2.05, 4.69) is 15.1 Å². The molecule has 0 aliphatic carbocycles. The highest BCUT2D eigenvalue weighted by Gasteiger charge is 2.34. The van der Waals surface area contributed by atoms with Crippen LogP contribution in [0.3, 0.4) is 0 Å². The maximum Gasteiger partial charge on any atom is 0.433 e. The van der Waals surface area contributed by atoms with Gasteiger partial charge in [0.2, 0.25) is 5.91 Å². The van der Waals surface area contributed by atoms with E-state index in [4.69, 9.17) is 4.74 Å². The van der Waals surface area contributed by atoms with E-state index in [1.54, 1.807) is 54.1 Å². The highest BCUT2D eigenvalue weighted by molar-refractivity contribution is 7.99. The van der Waals surface area contributed by atoms with Gasteiger partial charge in [-0.15, -0.1) is 0 Å². The Kier molecular flexibility index (Phi) is 7.39. The number of hydrogen-bond acceptors (Lipinski definition) is 6. The molecule has 0 saturated heterocycles. The second-order valence-electron chi connectivity index (χ2n) is 7.02. The molecule has 0 radical (unpaired) electrons. The molecule has 32 heavy (non-hydrogen) atoms. The molecule has 0 unspecified atom stereocenters. The standard InChI is InChI=1S/C21H22F3N5O2S/c1-28(12-14-11-25-29(2)13-14)19(30)8-9-32-20-26-17(10-18(27-20)21(22,23)24)15-4-6-16(31-3)7-5-15/h4-7,10-11,13H,8-9,12H2,1-3H3. The first-order valence-electron chi connectivity index (χ1n) is 9.60. The first-order chi connectivity index (χ1) is 15.2. The van der Waals surface area contributed by atoms with Crippen LogP contribution in [-0.4, -0.2) is 50.5 Å². The third kappa shape index (κ3) is 6.22. The quantitative estimate of drug-likeness (QED) is 0.369. The van der Waals surface area contributed by atoms with E-state index >= 15 is 0 Å². The highest BCUT2D eigenvalue weighted by Crippen LogP contribution is 2.32. The average Bonchev–Trinajstić information content (AvgIpc) is 3.17. The fourth-order valence-electron chi connectivity index (χ4n) is 2.88. The maximum atomic E-state index is 13.4. The molecule has 3 aromatic rings. The van der Waals surface area contributed by atoms with Crippen molar-refractivity contribution in [2.45, 2.75) is 24.3 Å². The molecular formula is C21H22F3N5O2S. The number of rotatable bonds is 8. The molecule has 0 bridgehead atoms. The summed E-state index contributed by atoms with van der Waals surface area (Å²) in [7, 11) is 4.96. The van der Waals surface area contributed by atoms with E-state index < -0.39 is 11.9 Å². The van der Waals surface area contributed by atoms with E-state index in [0.717, 1.165) is 23.4 Å². The summed E-state index contributed by atoms with van der Waals surface area (Å²) in [5.74, 6) is 0.700. The number of ether oxygens (including phenoxy) is 1. The first-order valence-corrected chi connectivity index (χ1v) is 10.6. The molecule has 0 atom stereocenters. The van der Waals surface area contributed by atoms with Gasteiger partial charge in [-0.1, -0.05) is 11.8 Å². The topological polar surface area (TPSA) is 73.1 Å². The number of alkyl halides is 3. The second kappa shape index (κ2) is 10.0. The van der Waals surface area contributed by atoms with Gasteiger partial charge >= 0.3 is 6.18 Å². The first kappa shape index (κ1) is 23.6. The largest absolute Gasteiger partial charge is 0.497 e. The molecule has 0 N–H and O–H groups in total. The van der Waals surface area contributed by atoms with Crippen LogP contribution >= 0.6 is 11.8 Å². The minimum atomic E-state index is -4.61. The molecular weight excluding hydrogens is 443 g/mol. The second-order valence-corrected chi connectivity index (χ2v) is 8.08. The number of hydrogen-bond donors (Lipinski definition) is 0. The van der Waals surface area contributed by atoms with Crippen LogP contribution in [0.15, 0.2) is 47.9 Å². The van der Waals surface area contributed by atoms with E-state index in [9.17, 15) is 18.0 Å². The highest BCUT2D eigenvalue weighted by atomic mass is 32.2. The fourth-order valence-corrected chi connectivity index (χ4v) is 3.67. The summed E-state index contributed by atoms with van der Waals surface area (Å²) in [6, 6.07) is 7.47. The summed E-state index contributed by atoms with van der Waals surface area (Å²) < 4.78 is 46.8. The summed E-state index contributed by atoms with van der Waals surface area (Å²) in [5, 5.41) is 4.03. The van der Waals surface area contributed by atoms with Crippen LogP contribution in [0.2, 0.25) is 0 Å². The summed E-state index contributed by atoms with van der Waals surface area (Å²) in [6.45, 7) is 0.402. The van der Waals surface area contributed by atoms with Gasteiger partial charge in [0.1, 0.15) is 11.4 Å². The van der Waals surface area contributed by atoms with E-state index in [1.165, 1.54) is 7.11 Å². The Bertz CT molecular complexity index is 1070. The molecule has 7 nitrogen and oxygen atoms in total. The lowest BCUT2D eigenvalue weighted by atomic mass is 10.1. The number of carbonyl (C=O) groups excluding carboxylic acids is 1. The SMILES string of the molecule is COc1ccc(-c2cc(C(F)(F)F)nc(SCCC(=O)N(C)Cc3cnn(C)c3)n2)cc1. The fraction of sp³-hybridized carbons (Fsp3) is 0.333. The predicted octanol–water partition coefficient (Wildman–Crippen LogP) is 4.05. The van der Waals surface area contributed by atoms with Crippen LogP contribution in [0.5, 0.6) is 5.75 Å². The van der Waals surface area contributed by atoms with Crippen molar-refractivity contribution < 1.29 is 22.7 Å². The Morgan fingerprint density at radius 3 is 2.53 bits per heavy atom. The van der Waals surface area contributed by atoms with Crippen molar-refractivity contribution in [3.63, 3.8) is 0 Å². The molecule has 2 heterocycles. The van der Waals surface area contributed by atoms with Crippen LogP contribution in [0, 0.1) is 0 Å². The van der Waals surface area contributed by atoms with Crippen molar-refractivity contribution in [1.29, 1.82) is 0 Å². The van der Waals surface area contributed by atoms with Gasteiger partial charge in [0, 0.05) is 50.1 Å². The zero-order valence-electron chi connectivity index (χ0n) is 17.8. The van der Waals surface area contributed by atoms with Crippen LogP contribution in [0.25, 0.3) is 11.3 Å². The van der Waals surface area contributed by atoms with Gasteiger partial charge in [0.25, 0.3) is 0 Å². The normalized spacial score (nSPS) is 11.4. The number of methoxy groups -OCH3 is 1. The number of halogens is 3. The number of carbonyl (C=O) groups is 1. The molecule has 0 saturated carbocycles. The van der Waals surface area contributed by atoms with Gasteiger partial charge in [0.05, 0.1) is 19.0 Å². The van der Waals surface area contributed by atoms with Crippen molar-refractivity contribution in [2.75, 3.05) is 19.9 Å². The van der Waals surface area contributed by atoms with Crippen molar-refractivity contribution in [1.82, 2.24) is 24.6 Å². The zero-order chi connectivity index (χ0) is 23.3. The summed E-state index contributed by atoms with van der Waals surface area (Å²) in [6.07, 6.45) is -0.983. The van der Waals surface area contributed by atoms with Crippen molar-refractivity contribution in [3.8, 4) is 17.0 Å². The van der Waals surface area contributed by atoms with E-state index in [-0.39, 0.29) is 28.9 Å². The van der Waals surface area contributed by atoms with Gasteiger partial charge in [0.15, 0.2) is 5.16 Å². The zero-order valence-corrected chi connectivity index (χ0v) is 18.6. The number of aryl methyl sites for hydroxylation is 1. The molecule has 0 aliphatic heterocycles. The predicted molar refractivity (Wildman–Crippen MR) is 114 cm³/mol. The minimum Gasteiger partial charge on any atom is -0.497 e. The molecule has 0 fully saturated rings. The molecule has 1 amide bonds. The third-order valence-electron chi connectivity index (χ3n) is 4.53. The molecule has 170 valence electrons. The number of amides is 1. The summed E-state index contributed by atoms with van der Waals surface area (Å²) >= 11 is 1.01. The monoisotopic (exact) mass is 465 g/mol. The lowest BCUT2D eigenvalue weighted by Gasteiger charge is -2.16. The van der Waals surface area contributed by atoms with Gasteiger partial charge in [-0.25, -0.2) is 9.97 Å². The summed E-state index contributed by atoms with van der Waals surface area (Å²) in [4.78, 5) is 21.8. The molecule has 2 aromatic heterocycles. The number of nitrogens with zero attached hydrogens (tertiary/aromatic N) is 5. The van der Waals surface area contributed by atoms with Gasteiger partial charge in [-0.2, -0.15) is 18.3 Å². The Morgan fingerprint density at radius 2 is 1.94 bits per heavy atom. The molecule has 0 aliphatic rings. The van der Waals surface area contributed by atoms with Crippen LogP contribution in [-0.2, 0) is 24.6 Å². The van der Waals surface area contributed by atoms with Crippen molar-refractivity contribution >= 4 is 17.7 Å². The minimum absolute atomic E-state index is 0.0339. The molecule has 0 spiro atoms. The molecule has 11 heteroatoms. The van der Waals surface area contributed by atoms with Crippen LogP contribution < -0.4 is 4.74 Å². The molecule has 1 aromatic carbocycles. The smallest absolute Gasteiger partial charge is 0.433 e. The Balaban J connectivity index is 1.68. The van der Waals surface area contributed by atoms with Gasteiger partial charge in [-0.05, 0) is 30.3 Å². The Labute approximate surface area is 187 Å². The van der Waals surface area contributed by atoms with E-state index in [0.29, 0.717) is 17.9 Å². The van der Waals surface area contributed by atoms with Crippen LogP contribution in [0.1, 0.15) is 17.7 Å². The lowest BCUT2D eigenvalue weighted by molar-refractivity contribution is -0.141. The van der Waals surface area contributed by atoms with E-state index in [1.807, 2.05) is 6.20 Å².